The van der Waals surface area contributed by atoms with Gasteiger partial charge in [-0.25, -0.2) is 4.79 Å². The number of ether oxygens (including phenoxy) is 4. The van der Waals surface area contributed by atoms with Crippen LogP contribution in [0.2, 0.25) is 0 Å². The van der Waals surface area contributed by atoms with Crippen molar-refractivity contribution in [2.45, 2.75) is 57.1 Å². The predicted molar refractivity (Wildman–Crippen MR) is 157 cm³/mol. The number of esters is 1. The van der Waals surface area contributed by atoms with Gasteiger partial charge in [-0.1, -0.05) is 12.2 Å². The number of benzene rings is 1. The fraction of sp³-hybridized carbons (Fsp3) is 0.531. The maximum atomic E-state index is 13.8. The number of fused-ring (bicyclic) bond motifs is 2. The normalized spacial score (nSPS) is 28.0. The average molecular weight is 593 g/mol. The number of carbonyl (C=O) groups is 3. The highest BCUT2D eigenvalue weighted by Gasteiger charge is 2.62. The van der Waals surface area contributed by atoms with Crippen LogP contribution in [0.25, 0.3) is 11.3 Å². The zero-order chi connectivity index (χ0) is 30.6. The van der Waals surface area contributed by atoms with Crippen LogP contribution < -0.4 is 19.5 Å². The quantitative estimate of drug-likeness (QED) is 0.379. The highest BCUT2D eigenvalue weighted by molar-refractivity contribution is 5.95. The molecule has 0 radical (unpaired) electrons. The van der Waals surface area contributed by atoms with Gasteiger partial charge in [0, 0.05) is 31.1 Å². The van der Waals surface area contributed by atoms with Crippen molar-refractivity contribution in [1.29, 1.82) is 0 Å². The van der Waals surface area contributed by atoms with E-state index in [0.717, 1.165) is 30.6 Å². The van der Waals surface area contributed by atoms with Gasteiger partial charge in [0.1, 0.15) is 17.4 Å². The zero-order valence-electron chi connectivity index (χ0n) is 25.2. The van der Waals surface area contributed by atoms with E-state index >= 15 is 0 Å². The monoisotopic (exact) mass is 592 g/mol. The fourth-order valence-electron chi connectivity index (χ4n) is 6.07. The Bertz CT molecular complexity index is 1360. The maximum Gasteiger partial charge on any atom is 0.332 e. The summed E-state index contributed by atoms with van der Waals surface area (Å²) in [6.07, 6.45) is 7.32. The second-order valence-electron chi connectivity index (χ2n) is 11.4. The molecular formula is C32H40N4O7. The summed E-state index contributed by atoms with van der Waals surface area (Å²) in [4.78, 5) is 51.1. The summed E-state index contributed by atoms with van der Waals surface area (Å²) < 4.78 is 22.3. The highest BCUT2D eigenvalue weighted by Crippen LogP contribution is 2.47. The molecule has 11 heteroatoms. The number of carbonyl (C=O) groups excluding carboxylic acids is 3. The summed E-state index contributed by atoms with van der Waals surface area (Å²) in [5.74, 6) is -1.28. The van der Waals surface area contributed by atoms with Gasteiger partial charge >= 0.3 is 12.0 Å². The molecule has 230 valence electrons. The van der Waals surface area contributed by atoms with Crippen molar-refractivity contribution in [3.8, 4) is 28.9 Å². The van der Waals surface area contributed by atoms with Crippen LogP contribution in [0.4, 0.5) is 0 Å². The van der Waals surface area contributed by atoms with Crippen molar-refractivity contribution in [3.63, 3.8) is 0 Å². The first-order valence-corrected chi connectivity index (χ1v) is 14.9. The molecule has 1 aromatic carbocycles. The Balaban J connectivity index is 1.40. The summed E-state index contributed by atoms with van der Waals surface area (Å²) >= 11 is 0. The lowest BCUT2D eigenvalue weighted by Crippen LogP contribution is -2.50. The zero-order valence-corrected chi connectivity index (χ0v) is 25.2. The Kier molecular flexibility index (Phi) is 9.17. The van der Waals surface area contributed by atoms with Crippen LogP contribution in [0.15, 0.2) is 42.5 Å². The summed E-state index contributed by atoms with van der Waals surface area (Å²) in [7, 11) is 4.86. The first kappa shape index (κ1) is 30.3. The summed E-state index contributed by atoms with van der Waals surface area (Å²) in [5, 5.41) is 3.01. The van der Waals surface area contributed by atoms with Gasteiger partial charge in [0.05, 0.1) is 38.4 Å². The number of allylic oxidation sites excluding steroid dienone is 1. The highest BCUT2D eigenvalue weighted by atomic mass is 16.5. The molecule has 5 unspecified atom stereocenters. The molecule has 0 spiro atoms. The lowest BCUT2D eigenvalue weighted by atomic mass is 9.93. The molecule has 2 aromatic rings. The summed E-state index contributed by atoms with van der Waals surface area (Å²) in [5.41, 5.74) is 0.317. The smallest absolute Gasteiger partial charge is 0.332 e. The number of hydrogen-bond donors (Lipinski definition) is 1. The molecule has 1 N–H and O–H groups in total. The van der Waals surface area contributed by atoms with Crippen molar-refractivity contribution in [2.75, 3.05) is 34.4 Å². The van der Waals surface area contributed by atoms with Crippen LogP contribution in [0.5, 0.6) is 17.6 Å². The predicted octanol–water partition coefficient (Wildman–Crippen LogP) is 3.57. The van der Waals surface area contributed by atoms with E-state index in [1.165, 1.54) is 7.11 Å². The van der Waals surface area contributed by atoms with Crippen molar-refractivity contribution in [3.05, 3.63) is 42.5 Å². The number of amides is 2. The van der Waals surface area contributed by atoms with Crippen LogP contribution in [-0.4, -0.2) is 78.7 Å². The number of rotatable bonds is 7. The first-order chi connectivity index (χ1) is 20.8. The summed E-state index contributed by atoms with van der Waals surface area (Å²) in [6.45, 7) is 2.57. The maximum absolute atomic E-state index is 13.8. The Hall–Kier alpha value is -4.15. The Labute approximate surface area is 251 Å². The van der Waals surface area contributed by atoms with E-state index in [1.807, 2.05) is 30.3 Å². The van der Waals surface area contributed by atoms with Crippen LogP contribution in [-0.2, 0) is 19.1 Å². The second-order valence-corrected chi connectivity index (χ2v) is 11.4. The Morgan fingerprint density at radius 3 is 2.56 bits per heavy atom. The van der Waals surface area contributed by atoms with E-state index in [1.54, 1.807) is 32.0 Å². The van der Waals surface area contributed by atoms with Gasteiger partial charge in [0.25, 0.3) is 0 Å². The standard InChI is InChI=1S/C32H40N4O7/c1-5-42-30(39)32-19-21(32)10-8-6-7-9-15-36(2)29(38)25-17-23(16-24(25)28(37)35-32)43-27-18-26(33-31(34-27)41-4)20-11-13-22(40-3)14-12-20/h8,10-14,18,21,23-25H,5-7,9,15-17,19H2,1-4H3,(H,35,37)/b10-8+. The largest absolute Gasteiger partial charge is 0.497 e. The van der Waals surface area contributed by atoms with Crippen molar-refractivity contribution < 1.29 is 33.3 Å². The number of nitrogens with zero attached hydrogens (tertiary/aromatic N) is 3. The van der Waals surface area contributed by atoms with Crippen LogP contribution in [0.3, 0.4) is 0 Å². The molecule has 43 heavy (non-hydrogen) atoms. The minimum absolute atomic E-state index is 0.101. The van der Waals surface area contributed by atoms with Crippen LogP contribution in [0, 0.1) is 17.8 Å². The molecule has 2 heterocycles. The van der Waals surface area contributed by atoms with E-state index in [0.29, 0.717) is 31.5 Å². The first-order valence-electron chi connectivity index (χ1n) is 14.9. The lowest BCUT2D eigenvalue weighted by molar-refractivity contribution is -0.150. The lowest BCUT2D eigenvalue weighted by Gasteiger charge is -2.26. The number of aromatic nitrogens is 2. The SMILES string of the molecule is CCOC(=O)C12CC1/C=C/CCCCN(C)C(=O)C1CC(Oc3cc(-c4ccc(OC)cc4)nc(OC)n3)CC1C(=O)N2. The van der Waals surface area contributed by atoms with Crippen molar-refractivity contribution in [2.24, 2.45) is 17.8 Å². The van der Waals surface area contributed by atoms with E-state index in [4.69, 9.17) is 18.9 Å². The van der Waals surface area contributed by atoms with Crippen LogP contribution >= 0.6 is 0 Å². The number of methoxy groups -OCH3 is 2. The van der Waals surface area contributed by atoms with Gasteiger partial charge in [0.2, 0.25) is 17.7 Å². The molecule has 2 fully saturated rings. The molecule has 1 aromatic heterocycles. The third kappa shape index (κ3) is 6.60. The molecule has 1 aliphatic heterocycles. The molecule has 3 aliphatic rings. The minimum Gasteiger partial charge on any atom is -0.497 e. The number of nitrogens with one attached hydrogen (secondary N) is 1. The Morgan fingerprint density at radius 2 is 1.84 bits per heavy atom. The van der Waals surface area contributed by atoms with Gasteiger partial charge in [-0.05, 0) is 69.7 Å². The van der Waals surface area contributed by atoms with Crippen molar-refractivity contribution >= 4 is 17.8 Å². The van der Waals surface area contributed by atoms with E-state index in [2.05, 4.69) is 21.4 Å². The molecule has 2 saturated carbocycles. The van der Waals surface area contributed by atoms with Gasteiger partial charge in [-0.2, -0.15) is 9.97 Å². The molecule has 11 nitrogen and oxygen atoms in total. The third-order valence-corrected chi connectivity index (χ3v) is 8.57. The van der Waals surface area contributed by atoms with Gasteiger partial charge < -0.3 is 29.2 Å². The average Bonchev–Trinajstić information content (AvgIpc) is 3.55. The second kappa shape index (κ2) is 13.0. The van der Waals surface area contributed by atoms with Gasteiger partial charge in [-0.3, -0.25) is 9.59 Å². The molecule has 0 saturated heterocycles. The number of hydrogen-bond acceptors (Lipinski definition) is 9. The molecule has 5 atom stereocenters. The van der Waals surface area contributed by atoms with Crippen molar-refractivity contribution in [1.82, 2.24) is 20.2 Å². The molecule has 2 aliphatic carbocycles. The fourth-order valence-corrected chi connectivity index (χ4v) is 6.07. The van der Waals surface area contributed by atoms with E-state index < -0.39 is 29.4 Å². The van der Waals surface area contributed by atoms with E-state index in [9.17, 15) is 14.4 Å². The Morgan fingerprint density at radius 1 is 1.07 bits per heavy atom. The molecule has 2 amide bonds. The van der Waals surface area contributed by atoms with Gasteiger partial charge in [-0.15, -0.1) is 0 Å². The molecule has 0 bridgehead atoms. The topological polar surface area (TPSA) is 129 Å². The van der Waals surface area contributed by atoms with Gasteiger partial charge in [0.15, 0.2) is 0 Å². The molecule has 5 rings (SSSR count). The third-order valence-electron chi connectivity index (χ3n) is 8.57. The summed E-state index contributed by atoms with van der Waals surface area (Å²) in [6, 6.07) is 9.28. The van der Waals surface area contributed by atoms with E-state index in [-0.39, 0.29) is 36.2 Å². The minimum atomic E-state index is -1.10. The van der Waals surface area contributed by atoms with Crippen LogP contribution in [0.1, 0.15) is 45.4 Å². The molecular weight excluding hydrogens is 552 g/mol.